The quantitative estimate of drug-likeness (QED) is 0.363. The highest BCUT2D eigenvalue weighted by molar-refractivity contribution is 7.89. The first-order chi connectivity index (χ1) is 17.8. The zero-order valence-electron chi connectivity index (χ0n) is 20.9. The molecule has 6 nitrogen and oxygen atoms in total. The summed E-state index contributed by atoms with van der Waals surface area (Å²) >= 11 is 6.09. The topological polar surface area (TPSA) is 86.7 Å². The van der Waals surface area contributed by atoms with Gasteiger partial charge in [0.25, 0.3) is 5.91 Å². The minimum atomic E-state index is -3.82. The SMILES string of the molecule is CC[C@@H](c1ccc(Cl)cc1)N(Cc1ccc(C(=O)NC2CCC(O)CC2)cc1)S(=O)(=O)c1ccccc1. The highest BCUT2D eigenvalue weighted by Crippen LogP contribution is 2.33. The summed E-state index contributed by atoms with van der Waals surface area (Å²) in [6, 6.07) is 22.5. The highest BCUT2D eigenvalue weighted by atomic mass is 35.5. The number of carbonyl (C=O) groups is 1. The Labute approximate surface area is 224 Å². The normalized spacial score (nSPS) is 18.9. The largest absolute Gasteiger partial charge is 0.393 e. The molecule has 1 aliphatic rings. The van der Waals surface area contributed by atoms with E-state index in [4.69, 9.17) is 11.6 Å². The Kier molecular flexibility index (Phi) is 9.03. The van der Waals surface area contributed by atoms with Crippen LogP contribution in [-0.2, 0) is 16.6 Å². The van der Waals surface area contributed by atoms with Crippen molar-refractivity contribution in [1.82, 2.24) is 9.62 Å². The fraction of sp³-hybridized carbons (Fsp3) is 0.345. The summed E-state index contributed by atoms with van der Waals surface area (Å²) in [7, 11) is -3.82. The average Bonchev–Trinajstić information content (AvgIpc) is 2.91. The van der Waals surface area contributed by atoms with Crippen molar-refractivity contribution < 1.29 is 18.3 Å². The molecule has 1 aliphatic carbocycles. The van der Waals surface area contributed by atoms with Crippen LogP contribution in [0.1, 0.15) is 66.6 Å². The number of aliphatic hydroxyl groups excluding tert-OH is 1. The molecule has 1 fully saturated rings. The van der Waals surface area contributed by atoms with Crippen LogP contribution in [0.5, 0.6) is 0 Å². The van der Waals surface area contributed by atoms with Crippen molar-refractivity contribution in [2.75, 3.05) is 0 Å². The van der Waals surface area contributed by atoms with E-state index in [0.717, 1.165) is 24.0 Å². The monoisotopic (exact) mass is 540 g/mol. The van der Waals surface area contributed by atoms with Gasteiger partial charge >= 0.3 is 0 Å². The van der Waals surface area contributed by atoms with Crippen LogP contribution in [0.4, 0.5) is 0 Å². The number of benzene rings is 3. The molecule has 1 amide bonds. The van der Waals surface area contributed by atoms with Crippen LogP contribution in [0.2, 0.25) is 5.02 Å². The lowest BCUT2D eigenvalue weighted by atomic mass is 9.93. The highest BCUT2D eigenvalue weighted by Gasteiger charge is 2.32. The molecule has 0 aliphatic heterocycles. The van der Waals surface area contributed by atoms with Crippen molar-refractivity contribution in [3.63, 3.8) is 0 Å². The van der Waals surface area contributed by atoms with E-state index >= 15 is 0 Å². The van der Waals surface area contributed by atoms with Crippen LogP contribution in [0.25, 0.3) is 0 Å². The van der Waals surface area contributed by atoms with Crippen LogP contribution < -0.4 is 5.32 Å². The fourth-order valence-corrected chi connectivity index (χ4v) is 6.63. The standard InChI is InChI=1S/C29H33ClN2O4S/c1-2-28(22-12-14-24(30)15-13-22)32(37(35,36)27-6-4-3-5-7-27)20-21-8-10-23(11-9-21)29(34)31-25-16-18-26(33)19-17-25/h3-15,25-26,28,33H,2,16-20H2,1H3,(H,31,34)/t25?,26?,28-/m0/s1. The van der Waals surface area contributed by atoms with Gasteiger partial charge in [-0.1, -0.05) is 61.0 Å². The van der Waals surface area contributed by atoms with Gasteiger partial charge in [0.2, 0.25) is 10.0 Å². The van der Waals surface area contributed by atoms with Crippen molar-refractivity contribution in [3.05, 3.63) is 101 Å². The molecule has 1 saturated carbocycles. The van der Waals surface area contributed by atoms with Crippen molar-refractivity contribution in [1.29, 1.82) is 0 Å². The van der Waals surface area contributed by atoms with E-state index in [-0.39, 0.29) is 29.5 Å². The van der Waals surface area contributed by atoms with Gasteiger partial charge in [0, 0.05) is 23.2 Å². The molecule has 0 unspecified atom stereocenters. The first kappa shape index (κ1) is 27.3. The number of nitrogens with one attached hydrogen (secondary N) is 1. The smallest absolute Gasteiger partial charge is 0.251 e. The number of hydrogen-bond acceptors (Lipinski definition) is 4. The fourth-order valence-electron chi connectivity index (χ4n) is 4.81. The Morgan fingerprint density at radius 2 is 1.59 bits per heavy atom. The molecule has 3 aromatic carbocycles. The van der Waals surface area contributed by atoms with Gasteiger partial charge in [-0.15, -0.1) is 0 Å². The minimum absolute atomic E-state index is 0.0618. The van der Waals surface area contributed by atoms with Crippen LogP contribution in [-0.4, -0.2) is 35.9 Å². The number of nitrogens with zero attached hydrogens (tertiary/aromatic N) is 1. The van der Waals surface area contributed by atoms with Crippen molar-refractivity contribution >= 4 is 27.5 Å². The third kappa shape index (κ3) is 6.79. The van der Waals surface area contributed by atoms with Gasteiger partial charge in [0.1, 0.15) is 0 Å². The second-order valence-electron chi connectivity index (χ2n) is 9.51. The second kappa shape index (κ2) is 12.2. The Balaban J connectivity index is 1.58. The number of hydrogen-bond donors (Lipinski definition) is 2. The van der Waals surface area contributed by atoms with Gasteiger partial charge < -0.3 is 10.4 Å². The molecule has 196 valence electrons. The third-order valence-electron chi connectivity index (χ3n) is 6.93. The molecule has 8 heteroatoms. The first-order valence-electron chi connectivity index (χ1n) is 12.7. The maximum Gasteiger partial charge on any atom is 0.251 e. The Morgan fingerprint density at radius 3 is 2.19 bits per heavy atom. The van der Waals surface area contributed by atoms with Crippen molar-refractivity contribution in [2.24, 2.45) is 0 Å². The van der Waals surface area contributed by atoms with Gasteiger partial charge in [-0.05, 0) is 79.6 Å². The molecule has 0 bridgehead atoms. The molecule has 0 radical (unpaired) electrons. The molecular weight excluding hydrogens is 508 g/mol. The first-order valence-corrected chi connectivity index (χ1v) is 14.5. The summed E-state index contributed by atoms with van der Waals surface area (Å²) in [5.74, 6) is -0.158. The zero-order valence-corrected chi connectivity index (χ0v) is 22.5. The summed E-state index contributed by atoms with van der Waals surface area (Å²) in [6.45, 7) is 2.12. The van der Waals surface area contributed by atoms with E-state index in [0.29, 0.717) is 29.8 Å². The Morgan fingerprint density at radius 1 is 0.973 bits per heavy atom. The molecule has 2 N–H and O–H groups in total. The van der Waals surface area contributed by atoms with Crippen molar-refractivity contribution in [2.45, 2.75) is 68.7 Å². The van der Waals surface area contributed by atoms with E-state index in [2.05, 4.69) is 5.32 Å². The van der Waals surface area contributed by atoms with Gasteiger partial charge in [-0.2, -0.15) is 4.31 Å². The second-order valence-corrected chi connectivity index (χ2v) is 11.8. The maximum atomic E-state index is 13.8. The van der Waals surface area contributed by atoms with E-state index in [9.17, 15) is 18.3 Å². The molecule has 0 aromatic heterocycles. The number of halogens is 1. The predicted octanol–water partition coefficient (Wildman–Crippen LogP) is 5.72. The zero-order chi connectivity index (χ0) is 26.4. The summed E-state index contributed by atoms with van der Waals surface area (Å²) in [5, 5.41) is 13.3. The molecule has 37 heavy (non-hydrogen) atoms. The number of carbonyl (C=O) groups excluding carboxylic acids is 1. The number of aliphatic hydroxyl groups is 1. The van der Waals surface area contributed by atoms with Crippen LogP contribution in [0.15, 0.2) is 83.8 Å². The molecule has 0 saturated heterocycles. The molecule has 0 spiro atoms. The molecule has 0 heterocycles. The Bertz CT molecular complexity index is 1270. The van der Waals surface area contributed by atoms with E-state index in [1.807, 2.05) is 31.2 Å². The third-order valence-corrected chi connectivity index (χ3v) is 9.05. The lowest BCUT2D eigenvalue weighted by molar-refractivity contribution is 0.0867. The van der Waals surface area contributed by atoms with Gasteiger partial charge in [-0.3, -0.25) is 4.79 Å². The molecule has 4 rings (SSSR count). The number of amides is 1. The summed E-state index contributed by atoms with van der Waals surface area (Å²) in [6.07, 6.45) is 3.22. The number of sulfonamides is 1. The van der Waals surface area contributed by atoms with Crippen LogP contribution in [0.3, 0.4) is 0 Å². The predicted molar refractivity (Wildman–Crippen MR) is 146 cm³/mol. The van der Waals surface area contributed by atoms with E-state index in [1.165, 1.54) is 4.31 Å². The van der Waals surface area contributed by atoms with Crippen LogP contribution >= 0.6 is 11.6 Å². The van der Waals surface area contributed by atoms with Gasteiger partial charge in [0.15, 0.2) is 0 Å². The molecular formula is C29H33ClN2O4S. The molecule has 3 aromatic rings. The summed E-state index contributed by atoms with van der Waals surface area (Å²) < 4.78 is 29.2. The molecule has 1 atom stereocenters. The number of rotatable bonds is 9. The minimum Gasteiger partial charge on any atom is -0.393 e. The lowest BCUT2D eigenvalue weighted by Crippen LogP contribution is -2.38. The summed E-state index contributed by atoms with van der Waals surface area (Å²) in [4.78, 5) is 13.0. The average molecular weight is 541 g/mol. The summed E-state index contributed by atoms with van der Waals surface area (Å²) in [5.41, 5.74) is 2.17. The van der Waals surface area contributed by atoms with E-state index < -0.39 is 16.1 Å². The van der Waals surface area contributed by atoms with Crippen LogP contribution in [0, 0.1) is 0 Å². The van der Waals surface area contributed by atoms with Gasteiger partial charge in [0.05, 0.1) is 17.0 Å². The maximum absolute atomic E-state index is 13.8. The Hall–Kier alpha value is -2.71. The van der Waals surface area contributed by atoms with E-state index in [1.54, 1.807) is 54.6 Å². The van der Waals surface area contributed by atoms with Crippen molar-refractivity contribution in [3.8, 4) is 0 Å². The lowest BCUT2D eigenvalue weighted by Gasteiger charge is -2.31. The van der Waals surface area contributed by atoms with Gasteiger partial charge in [-0.25, -0.2) is 8.42 Å².